The molecule has 0 bridgehead atoms. The van der Waals surface area contributed by atoms with E-state index in [-0.39, 0.29) is 22.2 Å². The molecule has 0 fully saturated rings. The van der Waals surface area contributed by atoms with Crippen LogP contribution in [-0.4, -0.2) is 36.0 Å². The molecule has 0 spiro atoms. The van der Waals surface area contributed by atoms with Crippen LogP contribution in [0.1, 0.15) is 28.8 Å². The third-order valence-electron chi connectivity index (χ3n) is 5.63. The summed E-state index contributed by atoms with van der Waals surface area (Å²) in [5.41, 5.74) is 1.97. The van der Waals surface area contributed by atoms with Crippen molar-refractivity contribution in [2.45, 2.75) is 43.1 Å². The predicted octanol–water partition coefficient (Wildman–Crippen LogP) is 4.63. The summed E-state index contributed by atoms with van der Waals surface area (Å²) >= 11 is -0.789. The van der Waals surface area contributed by atoms with Crippen LogP contribution in [0.4, 0.5) is 17.6 Å². The molecule has 4 nitrogen and oxygen atoms in total. The van der Waals surface area contributed by atoms with Gasteiger partial charge >= 0.3 is 188 Å². The zero-order valence-electron chi connectivity index (χ0n) is 16.8. The summed E-state index contributed by atoms with van der Waals surface area (Å²) in [7, 11) is 0. The standard InChI is InChI=1S/C23H19AsF4NO3/c25-16-5-7-20-18(11-16)17-10-15(4-6-19(17)29(20)12-22(31)32)24-21(30)9-13-2-1-3-14(8-13)23(26,27)28/h1-3,5,7-8,11,15H,4,6,9-10,12H2,(H,31,32). The number of benzene rings is 2. The summed E-state index contributed by atoms with van der Waals surface area (Å²) in [6.07, 6.45) is -2.68. The van der Waals surface area contributed by atoms with Crippen LogP contribution in [0, 0.1) is 5.82 Å². The fourth-order valence-electron chi connectivity index (χ4n) is 4.31. The van der Waals surface area contributed by atoms with Crippen LogP contribution >= 0.6 is 0 Å². The van der Waals surface area contributed by atoms with Crippen molar-refractivity contribution in [2.75, 3.05) is 0 Å². The van der Waals surface area contributed by atoms with Gasteiger partial charge in [0.25, 0.3) is 0 Å². The first-order valence-corrected chi connectivity index (χ1v) is 12.0. The van der Waals surface area contributed by atoms with Crippen molar-refractivity contribution in [3.05, 3.63) is 70.7 Å². The average Bonchev–Trinajstić information content (AvgIpc) is 2.99. The van der Waals surface area contributed by atoms with E-state index in [9.17, 15) is 32.3 Å². The fraction of sp³-hybridized carbons (Fsp3) is 0.304. The Morgan fingerprint density at radius 1 is 1.16 bits per heavy atom. The molecule has 1 heterocycles. The molecule has 0 amide bonds. The number of halogens is 4. The second kappa shape index (κ2) is 8.74. The third kappa shape index (κ3) is 4.75. The molecular formula is C23H19AsF4NO3. The number of hydrogen-bond acceptors (Lipinski definition) is 2. The molecule has 0 saturated carbocycles. The Labute approximate surface area is 187 Å². The van der Waals surface area contributed by atoms with Gasteiger partial charge in [0.1, 0.15) is 0 Å². The Morgan fingerprint density at radius 2 is 1.94 bits per heavy atom. The summed E-state index contributed by atoms with van der Waals surface area (Å²) in [6.45, 7) is -0.218. The number of fused-ring (bicyclic) bond motifs is 3. The third-order valence-corrected chi connectivity index (χ3v) is 8.26. The molecule has 0 saturated heterocycles. The molecule has 1 aliphatic carbocycles. The molecule has 4 rings (SSSR count). The minimum absolute atomic E-state index is 0.0390. The van der Waals surface area contributed by atoms with Crippen molar-refractivity contribution in [3.8, 4) is 0 Å². The van der Waals surface area contributed by atoms with E-state index in [0.29, 0.717) is 35.7 Å². The molecule has 167 valence electrons. The molecule has 0 aliphatic heterocycles. The van der Waals surface area contributed by atoms with Crippen molar-refractivity contribution >= 4 is 37.2 Å². The Kier molecular flexibility index (Phi) is 6.17. The number of hydrogen-bond donors (Lipinski definition) is 1. The number of alkyl halides is 3. The van der Waals surface area contributed by atoms with Crippen LogP contribution in [0.2, 0.25) is 4.71 Å². The van der Waals surface area contributed by atoms with Crippen LogP contribution in [-0.2, 0) is 41.6 Å². The molecule has 1 radical (unpaired) electrons. The van der Waals surface area contributed by atoms with Crippen molar-refractivity contribution < 1.29 is 32.3 Å². The Balaban J connectivity index is 1.52. The second-order valence-corrected chi connectivity index (χ2v) is 11.0. The van der Waals surface area contributed by atoms with Crippen LogP contribution in [0.15, 0.2) is 42.5 Å². The van der Waals surface area contributed by atoms with Gasteiger partial charge in [-0.2, -0.15) is 0 Å². The number of rotatable bonds is 6. The van der Waals surface area contributed by atoms with Gasteiger partial charge in [0, 0.05) is 0 Å². The van der Waals surface area contributed by atoms with E-state index in [4.69, 9.17) is 0 Å². The second-order valence-electron chi connectivity index (χ2n) is 7.86. The van der Waals surface area contributed by atoms with E-state index in [1.165, 1.54) is 24.3 Å². The van der Waals surface area contributed by atoms with E-state index in [2.05, 4.69) is 0 Å². The van der Waals surface area contributed by atoms with E-state index in [1.54, 1.807) is 10.6 Å². The topological polar surface area (TPSA) is 59.3 Å². The fourth-order valence-corrected chi connectivity index (χ4v) is 6.86. The van der Waals surface area contributed by atoms with Gasteiger partial charge in [-0.25, -0.2) is 0 Å². The molecular weight excluding hydrogens is 489 g/mol. The van der Waals surface area contributed by atoms with Crippen LogP contribution in [0.3, 0.4) is 0 Å². The van der Waals surface area contributed by atoms with Gasteiger partial charge < -0.3 is 0 Å². The summed E-state index contributed by atoms with van der Waals surface area (Å²) in [4.78, 5) is 24.0. The summed E-state index contributed by atoms with van der Waals surface area (Å²) in [5.74, 6) is -1.40. The summed E-state index contributed by atoms with van der Waals surface area (Å²) in [6, 6.07) is 9.10. The number of nitrogens with zero attached hydrogens (tertiary/aromatic N) is 1. The van der Waals surface area contributed by atoms with Crippen molar-refractivity contribution in [1.82, 2.24) is 4.57 Å². The molecule has 1 atom stereocenters. The number of carbonyl (C=O) groups excluding carboxylic acids is 1. The Morgan fingerprint density at radius 3 is 2.66 bits per heavy atom. The number of carboxylic acids is 1. The number of carboxylic acid groups (broad SMARTS) is 1. The predicted molar refractivity (Wildman–Crippen MR) is 111 cm³/mol. The van der Waals surface area contributed by atoms with Gasteiger partial charge in [0.2, 0.25) is 0 Å². The maximum atomic E-state index is 13.9. The van der Waals surface area contributed by atoms with Gasteiger partial charge in [-0.3, -0.25) is 0 Å². The number of carbonyl (C=O) groups is 2. The molecule has 9 heteroatoms. The van der Waals surface area contributed by atoms with E-state index in [0.717, 1.165) is 23.4 Å². The summed E-state index contributed by atoms with van der Waals surface area (Å²) in [5, 5.41) is 9.94. The van der Waals surface area contributed by atoms with Gasteiger partial charge in [-0.15, -0.1) is 0 Å². The first kappa shape index (κ1) is 22.6. The van der Waals surface area contributed by atoms with Crippen molar-refractivity contribution in [1.29, 1.82) is 0 Å². The molecule has 1 aromatic heterocycles. The summed E-state index contributed by atoms with van der Waals surface area (Å²) < 4.78 is 54.3. The van der Waals surface area contributed by atoms with Crippen LogP contribution in [0.25, 0.3) is 10.9 Å². The molecule has 2 aromatic carbocycles. The van der Waals surface area contributed by atoms with Crippen molar-refractivity contribution in [3.63, 3.8) is 0 Å². The molecule has 1 N–H and O–H groups in total. The monoisotopic (exact) mass is 508 g/mol. The zero-order chi connectivity index (χ0) is 23.0. The Hall–Kier alpha value is -2.60. The quantitative estimate of drug-likeness (QED) is 0.390. The number of aromatic nitrogens is 1. The van der Waals surface area contributed by atoms with E-state index >= 15 is 0 Å². The maximum absolute atomic E-state index is 13.9. The van der Waals surface area contributed by atoms with Gasteiger partial charge in [-0.05, 0) is 0 Å². The molecule has 32 heavy (non-hydrogen) atoms. The normalized spacial score (nSPS) is 16.6. The van der Waals surface area contributed by atoms with Crippen molar-refractivity contribution in [2.24, 2.45) is 0 Å². The van der Waals surface area contributed by atoms with Crippen LogP contribution < -0.4 is 0 Å². The average molecular weight is 508 g/mol. The zero-order valence-corrected chi connectivity index (χ0v) is 18.7. The molecule has 1 unspecified atom stereocenters. The number of aliphatic carboxylic acids is 1. The molecule has 1 aliphatic rings. The van der Waals surface area contributed by atoms with E-state index < -0.39 is 39.3 Å². The Bertz CT molecular complexity index is 1200. The van der Waals surface area contributed by atoms with E-state index in [1.807, 2.05) is 0 Å². The van der Waals surface area contributed by atoms with Gasteiger partial charge in [0.15, 0.2) is 0 Å². The van der Waals surface area contributed by atoms with Gasteiger partial charge in [0.05, 0.1) is 0 Å². The minimum atomic E-state index is -4.45. The first-order valence-electron chi connectivity index (χ1n) is 10.0. The SMILES string of the molecule is O=C(O)Cn1c2c(c3cc(F)ccc31)CC([As]C(=O)Cc1cccc(C(F)(F)F)c1)CC2. The van der Waals surface area contributed by atoms with Crippen LogP contribution in [0.5, 0.6) is 0 Å². The van der Waals surface area contributed by atoms with Gasteiger partial charge in [-0.1, -0.05) is 0 Å². The molecule has 3 aromatic rings. The first-order chi connectivity index (χ1) is 15.1.